The van der Waals surface area contributed by atoms with E-state index in [4.69, 9.17) is 10.2 Å². The summed E-state index contributed by atoms with van der Waals surface area (Å²) >= 11 is 0. The van der Waals surface area contributed by atoms with Crippen LogP contribution in [0.4, 0.5) is 5.82 Å². The van der Waals surface area contributed by atoms with Crippen LogP contribution in [0.2, 0.25) is 0 Å². The number of rotatable bonds is 4. The summed E-state index contributed by atoms with van der Waals surface area (Å²) in [5.74, 6) is 0.885. The highest BCUT2D eigenvalue weighted by Gasteiger charge is 2.19. The van der Waals surface area contributed by atoms with Crippen LogP contribution in [0.3, 0.4) is 0 Å². The van der Waals surface area contributed by atoms with Crippen molar-refractivity contribution in [3.63, 3.8) is 0 Å². The third kappa shape index (κ3) is 2.45. The molecule has 9 heteroatoms. The fourth-order valence-corrected chi connectivity index (χ4v) is 2.21. The highest BCUT2D eigenvalue weighted by atomic mass is 32.2. The second kappa shape index (κ2) is 4.18. The second-order valence-electron chi connectivity index (χ2n) is 3.34. The quantitative estimate of drug-likeness (QED) is 0.694. The molecule has 0 fully saturated rings. The van der Waals surface area contributed by atoms with E-state index in [1.54, 1.807) is 6.92 Å². The predicted molar refractivity (Wildman–Crippen MR) is 58.3 cm³/mol. The molecule has 2 rings (SSSR count). The van der Waals surface area contributed by atoms with Gasteiger partial charge in [0.15, 0.2) is 0 Å². The molecule has 0 aliphatic rings. The van der Waals surface area contributed by atoms with E-state index >= 15 is 0 Å². The average Bonchev–Trinajstić information content (AvgIpc) is 2.85. The van der Waals surface area contributed by atoms with E-state index < -0.39 is 10.0 Å². The molecule has 0 atom stereocenters. The van der Waals surface area contributed by atoms with Crippen molar-refractivity contribution < 1.29 is 12.8 Å². The predicted octanol–water partition coefficient (Wildman–Crippen LogP) is -0.233. The summed E-state index contributed by atoms with van der Waals surface area (Å²) in [6.07, 6.45) is 2.65. The number of hydrogen-bond donors (Lipinski definition) is 3. The summed E-state index contributed by atoms with van der Waals surface area (Å²) in [4.78, 5) is 3.78. The molecule has 0 saturated carbocycles. The van der Waals surface area contributed by atoms with Crippen LogP contribution < -0.4 is 10.5 Å². The van der Waals surface area contributed by atoms with Gasteiger partial charge in [0.05, 0.1) is 18.9 Å². The van der Waals surface area contributed by atoms with Crippen LogP contribution in [0, 0.1) is 6.92 Å². The summed E-state index contributed by atoms with van der Waals surface area (Å²) in [6, 6.07) is 0. The van der Waals surface area contributed by atoms with E-state index in [0.717, 1.165) is 6.20 Å². The minimum Gasteiger partial charge on any atom is -0.445 e. The molecule has 8 nitrogen and oxygen atoms in total. The van der Waals surface area contributed by atoms with Crippen molar-refractivity contribution in [1.82, 2.24) is 19.9 Å². The average molecular weight is 257 g/mol. The lowest BCUT2D eigenvalue weighted by Crippen LogP contribution is -2.23. The van der Waals surface area contributed by atoms with Crippen LogP contribution >= 0.6 is 0 Å². The molecule has 2 aromatic heterocycles. The number of anilines is 1. The Balaban J connectivity index is 2.11. The van der Waals surface area contributed by atoms with Crippen LogP contribution in [-0.4, -0.2) is 23.6 Å². The Labute approximate surface area is 97.3 Å². The number of nitrogen functional groups attached to an aromatic ring is 1. The number of nitrogens with one attached hydrogen (secondary N) is 2. The summed E-state index contributed by atoms with van der Waals surface area (Å²) in [7, 11) is -3.71. The van der Waals surface area contributed by atoms with Crippen molar-refractivity contribution in [3.05, 3.63) is 24.0 Å². The largest absolute Gasteiger partial charge is 0.445 e. The number of hydrogen-bond acceptors (Lipinski definition) is 6. The lowest BCUT2D eigenvalue weighted by atomic mass is 10.6. The first-order valence-corrected chi connectivity index (χ1v) is 6.17. The summed E-state index contributed by atoms with van der Waals surface area (Å²) in [5, 5.41) is 5.89. The van der Waals surface area contributed by atoms with E-state index in [1.165, 1.54) is 6.20 Å². The molecule has 92 valence electrons. The third-order valence-electron chi connectivity index (χ3n) is 2.00. The summed E-state index contributed by atoms with van der Waals surface area (Å²) in [5.41, 5.74) is 5.42. The summed E-state index contributed by atoms with van der Waals surface area (Å²) < 4.78 is 31.0. The molecule has 0 amide bonds. The minimum absolute atomic E-state index is 0.0129. The van der Waals surface area contributed by atoms with Crippen molar-refractivity contribution in [3.8, 4) is 0 Å². The molecule has 0 radical (unpaired) electrons. The van der Waals surface area contributed by atoms with Gasteiger partial charge in [-0.25, -0.2) is 18.1 Å². The lowest BCUT2D eigenvalue weighted by molar-refractivity contribution is 0.463. The van der Waals surface area contributed by atoms with Crippen LogP contribution in [-0.2, 0) is 16.6 Å². The standard InChI is InChI=1S/C8H11N5O3S/c1-5-2-10-7(16-5)4-12-17(14,15)6-3-11-13-8(6)9/h2-3,12H,4H2,1H3,(H3,9,11,13). The molecular formula is C8H11N5O3S. The van der Waals surface area contributed by atoms with Gasteiger partial charge in [0, 0.05) is 0 Å². The van der Waals surface area contributed by atoms with Gasteiger partial charge < -0.3 is 10.2 Å². The van der Waals surface area contributed by atoms with Crippen molar-refractivity contribution in [2.45, 2.75) is 18.4 Å². The number of aromatic amines is 1. The van der Waals surface area contributed by atoms with Gasteiger partial charge in [-0.3, -0.25) is 5.10 Å². The Morgan fingerprint density at radius 3 is 2.82 bits per heavy atom. The molecule has 2 heterocycles. The molecule has 0 aromatic carbocycles. The Kier molecular flexibility index (Phi) is 2.86. The topological polar surface area (TPSA) is 127 Å². The van der Waals surface area contributed by atoms with Gasteiger partial charge in [-0.1, -0.05) is 0 Å². The maximum Gasteiger partial charge on any atom is 0.246 e. The molecule has 0 spiro atoms. The zero-order valence-corrected chi connectivity index (χ0v) is 9.78. The zero-order chi connectivity index (χ0) is 12.5. The third-order valence-corrected chi connectivity index (χ3v) is 3.43. The first-order valence-electron chi connectivity index (χ1n) is 4.69. The molecule has 0 unspecified atom stereocenters. The summed E-state index contributed by atoms with van der Waals surface area (Å²) in [6.45, 7) is 1.68. The monoisotopic (exact) mass is 257 g/mol. The van der Waals surface area contributed by atoms with E-state index in [9.17, 15) is 8.42 Å². The van der Waals surface area contributed by atoms with Crippen molar-refractivity contribution in [2.75, 3.05) is 5.73 Å². The second-order valence-corrected chi connectivity index (χ2v) is 5.07. The number of oxazole rings is 1. The van der Waals surface area contributed by atoms with E-state index in [1.807, 2.05) is 0 Å². The van der Waals surface area contributed by atoms with E-state index in [0.29, 0.717) is 5.76 Å². The van der Waals surface area contributed by atoms with Crippen LogP contribution in [0.5, 0.6) is 0 Å². The van der Waals surface area contributed by atoms with Gasteiger partial charge >= 0.3 is 0 Å². The van der Waals surface area contributed by atoms with Gasteiger partial charge in [-0.15, -0.1) is 0 Å². The fourth-order valence-electron chi connectivity index (χ4n) is 1.22. The maximum atomic E-state index is 11.8. The number of aryl methyl sites for hydroxylation is 1. The molecular weight excluding hydrogens is 246 g/mol. The SMILES string of the molecule is Cc1cnc(CNS(=O)(=O)c2cn[nH]c2N)o1. The first kappa shape index (κ1) is 11.6. The number of aromatic nitrogens is 3. The smallest absolute Gasteiger partial charge is 0.246 e. The van der Waals surface area contributed by atoms with Crippen LogP contribution in [0.25, 0.3) is 0 Å². The van der Waals surface area contributed by atoms with Crippen LogP contribution in [0.1, 0.15) is 11.7 Å². The van der Waals surface area contributed by atoms with Crippen molar-refractivity contribution >= 4 is 15.8 Å². The van der Waals surface area contributed by atoms with Crippen molar-refractivity contribution in [1.29, 1.82) is 0 Å². The van der Waals surface area contributed by atoms with Gasteiger partial charge in [0.2, 0.25) is 15.9 Å². The Bertz CT molecular complexity index is 615. The molecule has 2 aromatic rings. The highest BCUT2D eigenvalue weighted by Crippen LogP contribution is 2.14. The molecule has 0 saturated heterocycles. The first-order chi connectivity index (χ1) is 7.99. The molecule has 4 N–H and O–H groups in total. The molecule has 17 heavy (non-hydrogen) atoms. The zero-order valence-electron chi connectivity index (χ0n) is 8.97. The normalized spacial score (nSPS) is 11.8. The fraction of sp³-hybridized carbons (Fsp3) is 0.250. The Morgan fingerprint density at radius 2 is 2.29 bits per heavy atom. The van der Waals surface area contributed by atoms with Gasteiger partial charge in [0.1, 0.15) is 16.5 Å². The Morgan fingerprint density at radius 1 is 1.53 bits per heavy atom. The molecule has 0 bridgehead atoms. The number of sulfonamides is 1. The highest BCUT2D eigenvalue weighted by molar-refractivity contribution is 7.89. The lowest BCUT2D eigenvalue weighted by Gasteiger charge is -2.02. The van der Waals surface area contributed by atoms with Crippen molar-refractivity contribution in [2.24, 2.45) is 0 Å². The van der Waals surface area contributed by atoms with Gasteiger partial charge in [-0.2, -0.15) is 5.10 Å². The number of H-pyrrole nitrogens is 1. The molecule has 0 aliphatic heterocycles. The maximum absolute atomic E-state index is 11.8. The van der Waals surface area contributed by atoms with E-state index in [-0.39, 0.29) is 23.1 Å². The van der Waals surface area contributed by atoms with Gasteiger partial charge in [0.25, 0.3) is 0 Å². The van der Waals surface area contributed by atoms with Gasteiger partial charge in [-0.05, 0) is 6.92 Å². The number of nitrogens with two attached hydrogens (primary N) is 1. The molecule has 0 aliphatic carbocycles. The number of nitrogens with zero attached hydrogens (tertiary/aromatic N) is 2. The van der Waals surface area contributed by atoms with E-state index in [2.05, 4.69) is 19.9 Å². The Hall–Kier alpha value is -1.87. The minimum atomic E-state index is -3.71. The van der Waals surface area contributed by atoms with Crippen LogP contribution in [0.15, 0.2) is 21.7 Å².